The van der Waals surface area contributed by atoms with E-state index in [4.69, 9.17) is 0 Å². The number of hydrogen-bond donors (Lipinski definition) is 0. The monoisotopic (exact) mass is 386 g/mol. The molecule has 1 atom stereocenters. The number of Topliss-reactive ketones (excluding diaryl/α,β-unsaturated/α-hetero) is 1. The van der Waals surface area contributed by atoms with Crippen molar-refractivity contribution in [1.82, 2.24) is 19.6 Å². The lowest BCUT2D eigenvalue weighted by atomic mass is 9.85. The Morgan fingerprint density at radius 2 is 1.82 bits per heavy atom. The van der Waals surface area contributed by atoms with Crippen molar-refractivity contribution in [3.63, 3.8) is 0 Å². The summed E-state index contributed by atoms with van der Waals surface area (Å²) < 4.78 is 1.76. The first-order chi connectivity index (χ1) is 13.3. The van der Waals surface area contributed by atoms with Gasteiger partial charge in [0, 0.05) is 37.8 Å². The van der Waals surface area contributed by atoms with Gasteiger partial charge in [-0.15, -0.1) is 0 Å². The van der Waals surface area contributed by atoms with Crippen LogP contribution in [0.2, 0.25) is 0 Å². The fraction of sp³-hybridized carbons (Fsp3) is 0.714. The normalized spacial score (nSPS) is 25.0. The molecule has 1 spiro atoms. The van der Waals surface area contributed by atoms with Gasteiger partial charge in [0.05, 0.1) is 11.3 Å². The minimum atomic E-state index is -0.614. The molecule has 0 N–H and O–H groups in total. The first-order valence-electron chi connectivity index (χ1n) is 10.5. The molecule has 1 saturated carbocycles. The molecule has 0 bridgehead atoms. The molecule has 0 aromatic carbocycles. The SMILES string of the molecule is CC(=O)c1c(C)nn(CCC(=O)N2CCCC23CCCN(C2CC2)C3=O)c1C. The third-order valence-electron chi connectivity index (χ3n) is 6.70. The van der Waals surface area contributed by atoms with Gasteiger partial charge in [-0.1, -0.05) is 0 Å². The van der Waals surface area contributed by atoms with Crippen molar-refractivity contribution in [2.24, 2.45) is 0 Å². The third kappa shape index (κ3) is 3.05. The highest BCUT2D eigenvalue weighted by Gasteiger charge is 2.54. The molecule has 7 heteroatoms. The first-order valence-corrected chi connectivity index (χ1v) is 10.5. The molecule has 28 heavy (non-hydrogen) atoms. The molecule has 2 saturated heterocycles. The molecule has 1 unspecified atom stereocenters. The number of ketones is 1. The van der Waals surface area contributed by atoms with Crippen LogP contribution in [0.25, 0.3) is 0 Å². The second kappa shape index (κ2) is 7.01. The van der Waals surface area contributed by atoms with E-state index >= 15 is 0 Å². The van der Waals surface area contributed by atoms with Gasteiger partial charge in [-0.3, -0.25) is 19.1 Å². The Morgan fingerprint density at radius 3 is 2.43 bits per heavy atom. The Labute approximate surface area is 166 Å². The molecule has 2 amide bonds. The molecule has 2 aliphatic heterocycles. The molecular formula is C21H30N4O3. The van der Waals surface area contributed by atoms with E-state index in [-0.39, 0.29) is 17.6 Å². The summed E-state index contributed by atoms with van der Waals surface area (Å²) in [5, 5.41) is 4.44. The number of aromatic nitrogens is 2. The number of likely N-dealkylation sites (tertiary alicyclic amines) is 2. The summed E-state index contributed by atoms with van der Waals surface area (Å²) in [7, 11) is 0. The summed E-state index contributed by atoms with van der Waals surface area (Å²) >= 11 is 0. The average Bonchev–Trinajstić information content (AvgIpc) is 3.33. The summed E-state index contributed by atoms with van der Waals surface area (Å²) in [4.78, 5) is 42.1. The van der Waals surface area contributed by atoms with Crippen molar-refractivity contribution >= 4 is 17.6 Å². The highest BCUT2D eigenvalue weighted by Crippen LogP contribution is 2.42. The zero-order valence-corrected chi connectivity index (χ0v) is 17.2. The Morgan fingerprint density at radius 1 is 1.14 bits per heavy atom. The van der Waals surface area contributed by atoms with Crippen LogP contribution >= 0.6 is 0 Å². The fourth-order valence-electron chi connectivity index (χ4n) is 5.24. The van der Waals surface area contributed by atoms with Gasteiger partial charge in [-0.2, -0.15) is 5.10 Å². The second-order valence-electron chi connectivity index (χ2n) is 8.59. The van der Waals surface area contributed by atoms with Gasteiger partial charge in [0.25, 0.3) is 0 Å². The van der Waals surface area contributed by atoms with Gasteiger partial charge in [0.15, 0.2) is 5.78 Å². The molecule has 3 fully saturated rings. The molecule has 152 valence electrons. The van der Waals surface area contributed by atoms with E-state index in [1.807, 2.05) is 23.6 Å². The quantitative estimate of drug-likeness (QED) is 0.728. The van der Waals surface area contributed by atoms with E-state index in [1.165, 1.54) is 0 Å². The maximum atomic E-state index is 13.3. The number of carbonyl (C=O) groups is 3. The van der Waals surface area contributed by atoms with Crippen LogP contribution in [0, 0.1) is 13.8 Å². The number of hydrogen-bond acceptors (Lipinski definition) is 4. The van der Waals surface area contributed by atoms with Gasteiger partial charge >= 0.3 is 0 Å². The fourth-order valence-corrected chi connectivity index (χ4v) is 5.24. The highest BCUT2D eigenvalue weighted by molar-refractivity contribution is 5.96. The lowest BCUT2D eigenvalue weighted by Crippen LogP contribution is -2.61. The van der Waals surface area contributed by atoms with Gasteiger partial charge in [0.2, 0.25) is 11.8 Å². The molecule has 1 aromatic rings. The molecular weight excluding hydrogens is 356 g/mol. The van der Waals surface area contributed by atoms with E-state index in [0.29, 0.717) is 36.8 Å². The largest absolute Gasteiger partial charge is 0.338 e. The van der Waals surface area contributed by atoms with Crippen LogP contribution in [0.1, 0.15) is 73.6 Å². The predicted octanol–water partition coefficient (Wildman–Crippen LogP) is 2.24. The third-order valence-corrected chi connectivity index (χ3v) is 6.70. The van der Waals surface area contributed by atoms with Crippen LogP contribution < -0.4 is 0 Å². The summed E-state index contributed by atoms with van der Waals surface area (Å²) in [6.45, 7) is 7.18. The van der Waals surface area contributed by atoms with Crippen molar-refractivity contribution in [3.05, 3.63) is 17.0 Å². The number of carbonyl (C=O) groups excluding carboxylic acids is 3. The van der Waals surface area contributed by atoms with E-state index < -0.39 is 5.54 Å². The molecule has 4 rings (SSSR count). The van der Waals surface area contributed by atoms with Gasteiger partial charge in [-0.05, 0) is 59.3 Å². The second-order valence-corrected chi connectivity index (χ2v) is 8.59. The van der Waals surface area contributed by atoms with Crippen molar-refractivity contribution in [2.75, 3.05) is 13.1 Å². The molecule has 3 heterocycles. The first kappa shape index (κ1) is 19.2. The smallest absolute Gasteiger partial charge is 0.248 e. The molecule has 3 aliphatic rings. The number of nitrogens with zero attached hydrogens (tertiary/aromatic N) is 4. The van der Waals surface area contributed by atoms with Gasteiger partial charge in [-0.25, -0.2) is 0 Å². The topological polar surface area (TPSA) is 75.5 Å². The summed E-state index contributed by atoms with van der Waals surface area (Å²) in [5.74, 6) is 0.205. The van der Waals surface area contributed by atoms with Crippen molar-refractivity contribution < 1.29 is 14.4 Å². The van der Waals surface area contributed by atoms with Crippen molar-refractivity contribution in [2.45, 2.75) is 83.8 Å². The average molecular weight is 386 g/mol. The number of amides is 2. The maximum absolute atomic E-state index is 13.3. The molecule has 7 nitrogen and oxygen atoms in total. The van der Waals surface area contributed by atoms with Crippen LogP contribution in [0.4, 0.5) is 0 Å². The summed E-state index contributed by atoms with van der Waals surface area (Å²) in [5.41, 5.74) is 1.55. The van der Waals surface area contributed by atoms with E-state index in [0.717, 1.165) is 50.8 Å². The van der Waals surface area contributed by atoms with Crippen LogP contribution in [-0.2, 0) is 16.1 Å². The maximum Gasteiger partial charge on any atom is 0.248 e. The Bertz CT molecular complexity index is 826. The van der Waals surface area contributed by atoms with Gasteiger partial charge in [0.1, 0.15) is 5.54 Å². The Balaban J connectivity index is 1.48. The number of rotatable bonds is 5. The van der Waals surface area contributed by atoms with E-state index in [2.05, 4.69) is 5.10 Å². The zero-order chi connectivity index (χ0) is 20.1. The van der Waals surface area contributed by atoms with Crippen LogP contribution in [-0.4, -0.2) is 61.8 Å². The van der Waals surface area contributed by atoms with Crippen molar-refractivity contribution in [1.29, 1.82) is 0 Å². The summed E-state index contributed by atoms with van der Waals surface area (Å²) in [6, 6.07) is 0.405. The zero-order valence-electron chi connectivity index (χ0n) is 17.2. The summed E-state index contributed by atoms with van der Waals surface area (Å²) in [6.07, 6.45) is 5.95. The molecule has 1 aliphatic carbocycles. The minimum absolute atomic E-state index is 0.000887. The number of piperidine rings is 1. The van der Waals surface area contributed by atoms with E-state index in [1.54, 1.807) is 11.6 Å². The molecule has 0 radical (unpaired) electrons. The number of aryl methyl sites for hydroxylation is 2. The van der Waals surface area contributed by atoms with Crippen molar-refractivity contribution in [3.8, 4) is 0 Å². The van der Waals surface area contributed by atoms with Crippen LogP contribution in [0.3, 0.4) is 0 Å². The van der Waals surface area contributed by atoms with Gasteiger partial charge < -0.3 is 9.80 Å². The standard InChI is InChI=1S/C21H30N4O3/c1-14-19(16(3)26)15(2)25(22-14)13-8-18(27)24-12-5-10-21(24)9-4-11-23(20(21)28)17-6-7-17/h17H,4-13H2,1-3H3. The molecule has 1 aromatic heterocycles. The van der Waals surface area contributed by atoms with E-state index in [9.17, 15) is 14.4 Å². The van der Waals surface area contributed by atoms with Crippen LogP contribution in [0.5, 0.6) is 0 Å². The lowest BCUT2D eigenvalue weighted by molar-refractivity contribution is -0.156. The highest BCUT2D eigenvalue weighted by atomic mass is 16.2. The van der Waals surface area contributed by atoms with Crippen LogP contribution in [0.15, 0.2) is 0 Å². The lowest BCUT2D eigenvalue weighted by Gasteiger charge is -2.44. The Hall–Kier alpha value is -2.18. The Kier molecular flexibility index (Phi) is 4.79. The minimum Gasteiger partial charge on any atom is -0.338 e. The predicted molar refractivity (Wildman–Crippen MR) is 104 cm³/mol.